The van der Waals surface area contributed by atoms with Crippen molar-refractivity contribution in [3.63, 3.8) is 0 Å². The second kappa shape index (κ2) is 6.81. The highest BCUT2D eigenvalue weighted by Gasteiger charge is 2.11. The summed E-state index contributed by atoms with van der Waals surface area (Å²) in [5.41, 5.74) is 2.98. The van der Waals surface area contributed by atoms with Gasteiger partial charge in [0.2, 0.25) is 0 Å². The molecule has 1 aromatic carbocycles. The van der Waals surface area contributed by atoms with Gasteiger partial charge in [-0.15, -0.1) is 0 Å². The molecule has 1 aliphatic heterocycles. The average Bonchev–Trinajstić information content (AvgIpc) is 2.47. The molecule has 0 radical (unpaired) electrons. The third-order valence-electron chi connectivity index (χ3n) is 3.01. The molecule has 0 aliphatic carbocycles. The third-order valence-corrected chi connectivity index (χ3v) is 3.01. The number of nitrogens with zero attached hydrogens (tertiary/aromatic N) is 2. The number of rotatable bonds is 4. The van der Waals surface area contributed by atoms with Gasteiger partial charge in [-0.2, -0.15) is 5.12 Å². The molecule has 20 heavy (non-hydrogen) atoms. The third kappa shape index (κ3) is 3.64. The van der Waals surface area contributed by atoms with Gasteiger partial charge < -0.3 is 10.6 Å². The SMILES string of the molecule is CN=CN(F)/C=C/NC(=O)c1ccc2c(c1)CCNC2. The first-order chi connectivity index (χ1) is 9.70. The second-order valence-corrected chi connectivity index (χ2v) is 4.42. The van der Waals surface area contributed by atoms with Crippen LogP contribution in [0.2, 0.25) is 0 Å². The van der Waals surface area contributed by atoms with Crippen LogP contribution in [0.3, 0.4) is 0 Å². The minimum atomic E-state index is -0.260. The lowest BCUT2D eigenvalue weighted by Gasteiger charge is -2.17. The van der Waals surface area contributed by atoms with Gasteiger partial charge in [0, 0.05) is 25.4 Å². The van der Waals surface area contributed by atoms with Crippen molar-refractivity contribution in [1.82, 2.24) is 15.8 Å². The molecule has 0 bridgehead atoms. The zero-order valence-corrected chi connectivity index (χ0v) is 11.3. The van der Waals surface area contributed by atoms with E-state index in [1.165, 1.54) is 24.4 Å². The Bertz CT molecular complexity index is 542. The lowest BCUT2D eigenvalue weighted by atomic mass is 9.98. The molecule has 1 aliphatic rings. The molecule has 0 spiro atoms. The highest BCUT2D eigenvalue weighted by molar-refractivity contribution is 5.95. The molecule has 0 saturated carbocycles. The summed E-state index contributed by atoms with van der Waals surface area (Å²) in [6.45, 7) is 1.76. The fraction of sp³-hybridized carbons (Fsp3) is 0.286. The molecule has 0 atom stereocenters. The normalized spacial score (nSPS) is 14.5. The van der Waals surface area contributed by atoms with Gasteiger partial charge in [-0.3, -0.25) is 9.79 Å². The van der Waals surface area contributed by atoms with Gasteiger partial charge in [-0.05, 0) is 36.2 Å². The average molecular weight is 276 g/mol. The van der Waals surface area contributed by atoms with Gasteiger partial charge in [0.25, 0.3) is 5.91 Å². The zero-order chi connectivity index (χ0) is 14.4. The van der Waals surface area contributed by atoms with Gasteiger partial charge in [-0.25, -0.2) is 0 Å². The van der Waals surface area contributed by atoms with E-state index in [0.717, 1.165) is 32.0 Å². The van der Waals surface area contributed by atoms with E-state index in [-0.39, 0.29) is 11.0 Å². The van der Waals surface area contributed by atoms with Crippen LogP contribution in [-0.4, -0.2) is 31.0 Å². The summed E-state index contributed by atoms with van der Waals surface area (Å²) in [5.74, 6) is -0.260. The Kier molecular flexibility index (Phi) is 4.84. The maximum absolute atomic E-state index is 12.9. The number of halogens is 1. The largest absolute Gasteiger partial charge is 0.327 e. The van der Waals surface area contributed by atoms with Gasteiger partial charge >= 0.3 is 0 Å². The van der Waals surface area contributed by atoms with E-state index in [0.29, 0.717) is 5.56 Å². The van der Waals surface area contributed by atoms with E-state index in [1.807, 2.05) is 12.1 Å². The summed E-state index contributed by atoms with van der Waals surface area (Å²) < 4.78 is 12.9. The van der Waals surface area contributed by atoms with Crippen molar-refractivity contribution in [2.24, 2.45) is 4.99 Å². The minimum absolute atomic E-state index is 0.260. The van der Waals surface area contributed by atoms with Crippen LogP contribution in [-0.2, 0) is 13.0 Å². The number of benzene rings is 1. The van der Waals surface area contributed by atoms with Gasteiger partial charge in [0.1, 0.15) is 6.34 Å². The number of carbonyl (C=O) groups excluding carboxylic acids is 1. The quantitative estimate of drug-likeness (QED) is 0.496. The highest BCUT2D eigenvalue weighted by Crippen LogP contribution is 2.15. The number of hydrogen-bond donors (Lipinski definition) is 2. The molecule has 106 valence electrons. The van der Waals surface area contributed by atoms with E-state index < -0.39 is 0 Å². The molecule has 6 heteroatoms. The van der Waals surface area contributed by atoms with Crippen molar-refractivity contribution >= 4 is 12.2 Å². The Balaban J connectivity index is 1.99. The molecule has 0 aromatic heterocycles. The van der Waals surface area contributed by atoms with Crippen LogP contribution in [0.25, 0.3) is 0 Å². The fourth-order valence-corrected chi connectivity index (χ4v) is 2.03. The molecule has 2 rings (SSSR count). The molecule has 1 aromatic rings. The van der Waals surface area contributed by atoms with Crippen molar-refractivity contribution < 1.29 is 9.28 Å². The monoisotopic (exact) mass is 276 g/mol. The maximum Gasteiger partial charge on any atom is 0.255 e. The van der Waals surface area contributed by atoms with Crippen molar-refractivity contribution in [3.8, 4) is 0 Å². The van der Waals surface area contributed by atoms with Crippen molar-refractivity contribution in [1.29, 1.82) is 0 Å². The molecule has 0 fully saturated rings. The summed E-state index contributed by atoms with van der Waals surface area (Å²) in [6.07, 6.45) is 4.23. The molecule has 2 N–H and O–H groups in total. The van der Waals surface area contributed by atoms with Crippen LogP contribution >= 0.6 is 0 Å². The van der Waals surface area contributed by atoms with Crippen molar-refractivity contribution in [3.05, 3.63) is 47.3 Å². The van der Waals surface area contributed by atoms with E-state index in [1.54, 1.807) is 6.07 Å². The number of hydrogen-bond acceptors (Lipinski definition) is 3. The first kappa shape index (κ1) is 14.2. The lowest BCUT2D eigenvalue weighted by Crippen LogP contribution is -2.24. The maximum atomic E-state index is 12.9. The van der Waals surface area contributed by atoms with Crippen LogP contribution in [0.1, 0.15) is 21.5 Å². The molecule has 0 unspecified atom stereocenters. The number of amides is 1. The smallest absolute Gasteiger partial charge is 0.255 e. The summed E-state index contributed by atoms with van der Waals surface area (Å²) >= 11 is 0. The van der Waals surface area contributed by atoms with Crippen LogP contribution in [0.15, 0.2) is 35.6 Å². The summed E-state index contributed by atoms with van der Waals surface area (Å²) in [4.78, 5) is 15.4. The summed E-state index contributed by atoms with van der Waals surface area (Å²) in [7, 11) is 1.46. The Labute approximate surface area is 117 Å². The number of nitrogens with one attached hydrogen (secondary N) is 2. The fourth-order valence-electron chi connectivity index (χ4n) is 2.03. The van der Waals surface area contributed by atoms with Gasteiger partial charge in [0.05, 0.1) is 6.20 Å². The Morgan fingerprint density at radius 1 is 1.50 bits per heavy atom. The zero-order valence-electron chi connectivity index (χ0n) is 11.3. The Morgan fingerprint density at radius 3 is 3.15 bits per heavy atom. The number of aliphatic imine (C=N–C) groups is 1. The first-order valence-corrected chi connectivity index (χ1v) is 6.37. The molecule has 1 heterocycles. The van der Waals surface area contributed by atoms with Gasteiger partial charge in [0.15, 0.2) is 0 Å². The van der Waals surface area contributed by atoms with Crippen LogP contribution in [0.4, 0.5) is 4.48 Å². The van der Waals surface area contributed by atoms with E-state index in [2.05, 4.69) is 15.6 Å². The number of fused-ring (bicyclic) bond motifs is 1. The van der Waals surface area contributed by atoms with E-state index >= 15 is 0 Å². The predicted octanol–water partition coefficient (Wildman–Crippen LogP) is 1.38. The first-order valence-electron chi connectivity index (χ1n) is 6.37. The topological polar surface area (TPSA) is 56.7 Å². The summed E-state index contributed by atoms with van der Waals surface area (Å²) in [6, 6.07) is 5.61. The standard InChI is InChI=1S/C14H17FN4O/c1-16-10-19(15)7-6-18-14(20)12-2-3-13-9-17-5-4-11(13)8-12/h2-3,6-8,10,17H,4-5,9H2,1H3,(H,18,20)/b7-6+,16-10?. The van der Waals surface area contributed by atoms with Crippen molar-refractivity contribution in [2.75, 3.05) is 13.6 Å². The number of carbonyl (C=O) groups is 1. The second-order valence-electron chi connectivity index (χ2n) is 4.42. The molecule has 1 amide bonds. The molecule has 5 nitrogen and oxygen atoms in total. The van der Waals surface area contributed by atoms with E-state index in [4.69, 9.17) is 0 Å². The summed E-state index contributed by atoms with van der Waals surface area (Å²) in [5, 5.41) is 6.06. The van der Waals surface area contributed by atoms with Crippen LogP contribution < -0.4 is 10.6 Å². The Hall–Kier alpha value is -2.21. The van der Waals surface area contributed by atoms with Crippen LogP contribution in [0, 0.1) is 0 Å². The Morgan fingerprint density at radius 2 is 2.35 bits per heavy atom. The highest BCUT2D eigenvalue weighted by atomic mass is 19.2. The molecular formula is C14H17FN4O. The molecule has 0 saturated heterocycles. The van der Waals surface area contributed by atoms with Crippen molar-refractivity contribution in [2.45, 2.75) is 13.0 Å². The molecular weight excluding hydrogens is 259 g/mol. The lowest BCUT2D eigenvalue weighted by molar-refractivity contribution is 0.0968. The van der Waals surface area contributed by atoms with E-state index in [9.17, 15) is 9.28 Å². The minimum Gasteiger partial charge on any atom is -0.327 e. The van der Waals surface area contributed by atoms with Crippen LogP contribution in [0.5, 0.6) is 0 Å². The predicted molar refractivity (Wildman–Crippen MR) is 75.8 cm³/mol. The van der Waals surface area contributed by atoms with Gasteiger partial charge in [-0.1, -0.05) is 10.5 Å².